The molecule has 2 rings (SSSR count). The molecule has 0 fully saturated rings. The fourth-order valence-corrected chi connectivity index (χ4v) is 2.26. The second kappa shape index (κ2) is 6.38. The maximum atomic E-state index is 12.5. The lowest BCUT2D eigenvalue weighted by molar-refractivity contribution is 0.0866. The van der Waals surface area contributed by atoms with E-state index in [1.165, 1.54) is 38.0 Å². The van der Waals surface area contributed by atoms with Gasteiger partial charge in [0.15, 0.2) is 11.5 Å². The summed E-state index contributed by atoms with van der Waals surface area (Å²) in [7, 11) is 4.57. The molecule has 0 bridgehead atoms. The van der Waals surface area contributed by atoms with Crippen LogP contribution in [-0.4, -0.2) is 32.1 Å². The highest BCUT2D eigenvalue weighted by atomic mass is 32.2. The van der Waals surface area contributed by atoms with Crippen LogP contribution < -0.4 is 14.2 Å². The number of benzene rings is 1. The Bertz CT molecular complexity index is 557. The monoisotopic (exact) mass is 293 g/mol. The largest absolute Gasteiger partial charge is 0.496 e. The quantitative estimate of drug-likeness (QED) is 0.854. The second-order valence-corrected chi connectivity index (χ2v) is 4.64. The van der Waals surface area contributed by atoms with Crippen molar-refractivity contribution >= 4 is 17.7 Å². The first-order valence-electron chi connectivity index (χ1n) is 5.82. The molecule has 0 aliphatic carbocycles. The Balaban J connectivity index is 2.43. The topological polar surface area (TPSA) is 48.0 Å². The Morgan fingerprint density at radius 1 is 0.950 bits per heavy atom. The van der Waals surface area contributed by atoms with Crippen molar-refractivity contribution < 1.29 is 19.0 Å². The van der Waals surface area contributed by atoms with Gasteiger partial charge in [0.05, 0.1) is 26.9 Å². The molecule has 0 saturated heterocycles. The summed E-state index contributed by atoms with van der Waals surface area (Å²) in [5.41, 5.74) is 0.409. The van der Waals surface area contributed by atoms with Crippen LogP contribution in [0.15, 0.2) is 35.3 Å². The van der Waals surface area contributed by atoms with Crippen molar-refractivity contribution in [2.24, 2.45) is 0 Å². The number of methoxy groups -OCH3 is 3. The molecular weight excluding hydrogens is 278 g/mol. The van der Waals surface area contributed by atoms with Crippen molar-refractivity contribution in [1.29, 1.82) is 0 Å². The van der Waals surface area contributed by atoms with Crippen molar-refractivity contribution in [2.45, 2.75) is 0 Å². The fraction of sp³-hybridized carbons (Fsp3) is 0.214. The molecule has 1 aliphatic heterocycles. The SMILES string of the molecule is COc1cc(OC)c(C(=O)N2C=CSC=C2)cc1OC. The Morgan fingerprint density at radius 2 is 1.50 bits per heavy atom. The number of amides is 1. The van der Waals surface area contributed by atoms with E-state index in [1.54, 1.807) is 24.5 Å². The third-order valence-electron chi connectivity index (χ3n) is 2.77. The molecule has 0 unspecified atom stereocenters. The van der Waals surface area contributed by atoms with Gasteiger partial charge in [0, 0.05) is 24.5 Å². The molecule has 1 aliphatic rings. The third kappa shape index (κ3) is 2.75. The van der Waals surface area contributed by atoms with Gasteiger partial charge >= 0.3 is 0 Å². The number of hydrogen-bond acceptors (Lipinski definition) is 5. The summed E-state index contributed by atoms with van der Waals surface area (Å²) in [6.45, 7) is 0. The lowest BCUT2D eigenvalue weighted by Gasteiger charge is -2.19. The van der Waals surface area contributed by atoms with Crippen LogP contribution in [0.25, 0.3) is 0 Å². The van der Waals surface area contributed by atoms with E-state index in [9.17, 15) is 4.79 Å². The summed E-state index contributed by atoms with van der Waals surface area (Å²) >= 11 is 1.50. The zero-order valence-corrected chi connectivity index (χ0v) is 12.3. The van der Waals surface area contributed by atoms with Crippen molar-refractivity contribution in [3.63, 3.8) is 0 Å². The molecule has 0 atom stereocenters. The molecule has 6 heteroatoms. The van der Waals surface area contributed by atoms with Crippen molar-refractivity contribution in [2.75, 3.05) is 21.3 Å². The molecule has 0 spiro atoms. The molecule has 0 saturated carbocycles. The lowest BCUT2D eigenvalue weighted by Crippen LogP contribution is -2.21. The highest BCUT2D eigenvalue weighted by molar-refractivity contribution is 8.04. The van der Waals surface area contributed by atoms with Crippen LogP contribution in [0.4, 0.5) is 0 Å². The van der Waals surface area contributed by atoms with Crippen LogP contribution in [0.2, 0.25) is 0 Å². The maximum absolute atomic E-state index is 12.5. The van der Waals surface area contributed by atoms with E-state index >= 15 is 0 Å². The minimum Gasteiger partial charge on any atom is -0.496 e. The van der Waals surface area contributed by atoms with Gasteiger partial charge in [-0.1, -0.05) is 0 Å². The minimum absolute atomic E-state index is 0.199. The summed E-state index contributed by atoms with van der Waals surface area (Å²) in [6, 6.07) is 3.25. The molecular formula is C14H15NO4S. The van der Waals surface area contributed by atoms with E-state index in [0.29, 0.717) is 22.8 Å². The summed E-state index contributed by atoms with van der Waals surface area (Å²) in [6.07, 6.45) is 3.40. The van der Waals surface area contributed by atoms with Crippen LogP contribution in [0.5, 0.6) is 17.2 Å². The van der Waals surface area contributed by atoms with Gasteiger partial charge in [-0.15, -0.1) is 11.8 Å². The molecule has 0 aromatic heterocycles. The first kappa shape index (κ1) is 14.3. The second-order valence-electron chi connectivity index (χ2n) is 3.83. The van der Waals surface area contributed by atoms with Crippen LogP contribution in [0.3, 0.4) is 0 Å². The zero-order chi connectivity index (χ0) is 14.5. The molecule has 1 aromatic rings. The van der Waals surface area contributed by atoms with Crippen molar-refractivity contribution in [3.8, 4) is 17.2 Å². The van der Waals surface area contributed by atoms with E-state index in [1.807, 2.05) is 10.8 Å². The van der Waals surface area contributed by atoms with E-state index in [-0.39, 0.29) is 5.91 Å². The van der Waals surface area contributed by atoms with Gasteiger partial charge in [0.25, 0.3) is 5.91 Å². The third-order valence-corrected chi connectivity index (χ3v) is 3.33. The molecule has 1 heterocycles. The number of nitrogens with zero attached hydrogens (tertiary/aromatic N) is 1. The van der Waals surface area contributed by atoms with Gasteiger partial charge in [-0.3, -0.25) is 9.69 Å². The van der Waals surface area contributed by atoms with Crippen molar-refractivity contribution in [3.05, 3.63) is 40.9 Å². The average Bonchev–Trinajstić information content (AvgIpc) is 2.53. The number of hydrogen-bond donors (Lipinski definition) is 0. The predicted octanol–water partition coefficient (Wildman–Crippen LogP) is 2.84. The van der Waals surface area contributed by atoms with Gasteiger partial charge in [0.2, 0.25) is 0 Å². The van der Waals surface area contributed by atoms with Gasteiger partial charge in [-0.05, 0) is 10.8 Å². The first-order valence-corrected chi connectivity index (χ1v) is 6.77. The number of thioether (sulfide) groups is 1. The van der Waals surface area contributed by atoms with Crippen LogP contribution in [0, 0.1) is 0 Å². The van der Waals surface area contributed by atoms with E-state index < -0.39 is 0 Å². The minimum atomic E-state index is -0.199. The molecule has 1 aromatic carbocycles. The van der Waals surface area contributed by atoms with Crippen molar-refractivity contribution in [1.82, 2.24) is 4.90 Å². The molecule has 20 heavy (non-hydrogen) atoms. The highest BCUT2D eigenvalue weighted by Crippen LogP contribution is 2.35. The molecule has 106 valence electrons. The van der Waals surface area contributed by atoms with Crippen LogP contribution in [-0.2, 0) is 0 Å². The summed E-state index contributed by atoms with van der Waals surface area (Å²) in [5.74, 6) is 1.24. The Hall–Kier alpha value is -2.08. The summed E-state index contributed by atoms with van der Waals surface area (Å²) in [5, 5.41) is 3.65. The molecule has 0 radical (unpaired) electrons. The highest BCUT2D eigenvalue weighted by Gasteiger charge is 2.21. The number of carbonyl (C=O) groups is 1. The van der Waals surface area contributed by atoms with E-state index in [4.69, 9.17) is 14.2 Å². The Kier molecular flexibility index (Phi) is 4.57. The lowest BCUT2D eigenvalue weighted by atomic mass is 10.1. The summed E-state index contributed by atoms with van der Waals surface area (Å²) in [4.78, 5) is 14.0. The number of carbonyl (C=O) groups excluding carboxylic acids is 1. The average molecular weight is 293 g/mol. The first-order chi connectivity index (χ1) is 9.71. The smallest absolute Gasteiger partial charge is 0.265 e. The molecule has 1 amide bonds. The molecule has 5 nitrogen and oxygen atoms in total. The van der Waals surface area contributed by atoms with E-state index in [2.05, 4.69) is 0 Å². The number of rotatable bonds is 4. The van der Waals surface area contributed by atoms with Crippen LogP contribution in [0.1, 0.15) is 10.4 Å². The van der Waals surface area contributed by atoms with Gasteiger partial charge in [-0.25, -0.2) is 0 Å². The predicted molar refractivity (Wildman–Crippen MR) is 78.1 cm³/mol. The summed E-state index contributed by atoms with van der Waals surface area (Å²) < 4.78 is 15.7. The number of ether oxygens (including phenoxy) is 3. The van der Waals surface area contributed by atoms with Crippen LogP contribution >= 0.6 is 11.8 Å². The Morgan fingerprint density at radius 3 is 2.05 bits per heavy atom. The fourth-order valence-electron chi connectivity index (χ4n) is 1.77. The van der Waals surface area contributed by atoms with Gasteiger partial charge in [0.1, 0.15) is 5.75 Å². The Labute approximate surface area is 121 Å². The maximum Gasteiger partial charge on any atom is 0.265 e. The molecule has 0 N–H and O–H groups in total. The van der Waals surface area contributed by atoms with Gasteiger partial charge in [-0.2, -0.15) is 0 Å². The standard InChI is InChI=1S/C14H15NO4S/c1-17-11-9-13(19-3)12(18-2)8-10(11)14(16)15-4-6-20-7-5-15/h4-9H,1-3H3. The van der Waals surface area contributed by atoms with E-state index in [0.717, 1.165) is 0 Å². The zero-order valence-electron chi connectivity index (χ0n) is 11.5. The normalized spacial score (nSPS) is 13.2. The van der Waals surface area contributed by atoms with Gasteiger partial charge < -0.3 is 14.2 Å².